The lowest BCUT2D eigenvalue weighted by Crippen LogP contribution is -2.34. The van der Waals surface area contributed by atoms with Crippen LogP contribution in [0.5, 0.6) is 0 Å². The first-order chi connectivity index (χ1) is 11.2. The van der Waals surface area contributed by atoms with Gasteiger partial charge in [0, 0.05) is 23.1 Å². The second-order valence-corrected chi connectivity index (χ2v) is 5.53. The summed E-state index contributed by atoms with van der Waals surface area (Å²) in [6.45, 7) is 3.72. The fourth-order valence-electron chi connectivity index (χ4n) is 1.98. The van der Waals surface area contributed by atoms with Crippen LogP contribution >= 0.6 is 0 Å². The van der Waals surface area contributed by atoms with Gasteiger partial charge in [0.2, 0.25) is 0 Å². The normalized spacial score (nSPS) is 11.2. The molecule has 128 valence electrons. The largest absolute Gasteiger partial charge is 0.416 e. The van der Waals surface area contributed by atoms with Crippen molar-refractivity contribution in [3.8, 4) is 0 Å². The number of halogens is 3. The second kappa shape index (κ2) is 7.25. The minimum Gasteiger partial charge on any atom is -0.356 e. The highest BCUT2D eigenvalue weighted by atomic mass is 19.4. The summed E-state index contributed by atoms with van der Waals surface area (Å²) in [6.07, 6.45) is -4.34. The first kappa shape index (κ1) is 17.7. The number of anilines is 3. The molecule has 0 saturated heterocycles. The summed E-state index contributed by atoms with van der Waals surface area (Å²) in [5.74, 6) is 0. The molecule has 0 spiro atoms. The van der Waals surface area contributed by atoms with Crippen molar-refractivity contribution in [2.75, 3.05) is 10.6 Å². The Kier molecular flexibility index (Phi) is 5.33. The Morgan fingerprint density at radius 1 is 0.875 bits per heavy atom. The van der Waals surface area contributed by atoms with Gasteiger partial charge in [0.15, 0.2) is 0 Å². The van der Waals surface area contributed by atoms with E-state index < -0.39 is 11.7 Å². The fourth-order valence-corrected chi connectivity index (χ4v) is 1.98. The zero-order valence-electron chi connectivity index (χ0n) is 13.2. The summed E-state index contributed by atoms with van der Waals surface area (Å²) in [4.78, 5) is 11.6. The summed E-state index contributed by atoms with van der Waals surface area (Å²) in [7, 11) is 0. The fraction of sp³-hybridized carbons (Fsp3) is 0.235. The van der Waals surface area contributed by atoms with Gasteiger partial charge in [-0.1, -0.05) is 0 Å². The molecule has 0 atom stereocenters. The van der Waals surface area contributed by atoms with Crippen LogP contribution in [0.3, 0.4) is 0 Å². The predicted octanol–water partition coefficient (Wildman–Crippen LogP) is 4.98. The van der Waals surface area contributed by atoms with E-state index in [1.54, 1.807) is 24.3 Å². The minimum absolute atomic E-state index is 0.0330. The maximum Gasteiger partial charge on any atom is 0.416 e. The van der Waals surface area contributed by atoms with E-state index >= 15 is 0 Å². The van der Waals surface area contributed by atoms with Gasteiger partial charge in [-0.15, -0.1) is 0 Å². The smallest absolute Gasteiger partial charge is 0.356 e. The summed E-state index contributed by atoms with van der Waals surface area (Å²) in [5.41, 5.74) is 1.17. The first-order valence-corrected chi connectivity index (χ1v) is 7.36. The average Bonchev–Trinajstić information content (AvgIpc) is 2.48. The molecule has 2 amide bonds. The lowest BCUT2D eigenvalue weighted by Gasteiger charge is -2.12. The summed E-state index contributed by atoms with van der Waals surface area (Å²) >= 11 is 0. The molecular weight excluding hydrogens is 319 g/mol. The van der Waals surface area contributed by atoms with Crippen molar-refractivity contribution in [2.24, 2.45) is 0 Å². The van der Waals surface area contributed by atoms with E-state index in [1.807, 2.05) is 13.8 Å². The number of carbonyl (C=O) groups is 1. The number of hydrogen-bond donors (Lipinski definition) is 3. The monoisotopic (exact) mass is 337 g/mol. The van der Waals surface area contributed by atoms with Crippen LogP contribution in [-0.4, -0.2) is 12.1 Å². The highest BCUT2D eigenvalue weighted by Crippen LogP contribution is 2.30. The van der Waals surface area contributed by atoms with Crippen molar-refractivity contribution in [2.45, 2.75) is 26.1 Å². The number of alkyl halides is 3. The molecule has 4 nitrogen and oxygen atoms in total. The molecule has 2 rings (SSSR count). The number of benzene rings is 2. The molecule has 0 aromatic heterocycles. The third-order valence-electron chi connectivity index (χ3n) is 3.06. The number of rotatable bonds is 4. The van der Waals surface area contributed by atoms with Crippen LogP contribution in [0.2, 0.25) is 0 Å². The molecule has 0 aliphatic carbocycles. The van der Waals surface area contributed by atoms with Crippen LogP contribution in [0, 0.1) is 0 Å². The van der Waals surface area contributed by atoms with Crippen LogP contribution in [0.4, 0.5) is 35.0 Å². The minimum atomic E-state index is -4.34. The molecule has 0 saturated carbocycles. The Balaban J connectivity index is 1.97. The highest BCUT2D eigenvalue weighted by molar-refractivity contribution is 5.89. The van der Waals surface area contributed by atoms with Crippen LogP contribution in [0.1, 0.15) is 19.4 Å². The third-order valence-corrected chi connectivity index (χ3v) is 3.06. The van der Waals surface area contributed by atoms with Gasteiger partial charge in [0.05, 0.1) is 5.56 Å². The zero-order chi connectivity index (χ0) is 17.7. The van der Waals surface area contributed by atoms with E-state index in [4.69, 9.17) is 0 Å². The van der Waals surface area contributed by atoms with Crippen molar-refractivity contribution in [3.05, 3.63) is 54.1 Å². The molecule has 0 bridgehead atoms. The average molecular weight is 337 g/mol. The SMILES string of the molecule is CC(C)NC(=O)Nc1ccc(Nc2ccc(C(F)(F)F)cc2)cc1. The number of urea groups is 1. The Bertz CT molecular complexity index is 680. The lowest BCUT2D eigenvalue weighted by molar-refractivity contribution is -0.137. The number of amides is 2. The van der Waals surface area contributed by atoms with Crippen molar-refractivity contribution >= 4 is 23.1 Å². The first-order valence-electron chi connectivity index (χ1n) is 7.36. The van der Waals surface area contributed by atoms with Crippen LogP contribution < -0.4 is 16.0 Å². The lowest BCUT2D eigenvalue weighted by atomic mass is 10.2. The second-order valence-electron chi connectivity index (χ2n) is 5.53. The van der Waals surface area contributed by atoms with Gasteiger partial charge in [-0.3, -0.25) is 0 Å². The van der Waals surface area contributed by atoms with Crippen molar-refractivity contribution in [3.63, 3.8) is 0 Å². The standard InChI is InChI=1S/C17H18F3N3O/c1-11(2)21-16(24)23-15-9-7-14(8-10-15)22-13-5-3-12(4-6-13)17(18,19)20/h3-11,22H,1-2H3,(H2,21,23,24). The van der Waals surface area contributed by atoms with E-state index in [1.165, 1.54) is 12.1 Å². The van der Waals surface area contributed by atoms with Gasteiger partial charge in [-0.2, -0.15) is 13.2 Å². The van der Waals surface area contributed by atoms with Crippen LogP contribution in [0.15, 0.2) is 48.5 Å². The Morgan fingerprint density at radius 3 is 1.79 bits per heavy atom. The predicted molar refractivity (Wildman–Crippen MR) is 88.5 cm³/mol. The van der Waals surface area contributed by atoms with Crippen molar-refractivity contribution in [1.29, 1.82) is 0 Å². The van der Waals surface area contributed by atoms with Crippen molar-refractivity contribution in [1.82, 2.24) is 5.32 Å². The van der Waals surface area contributed by atoms with Gasteiger partial charge in [0.1, 0.15) is 0 Å². The van der Waals surface area contributed by atoms with E-state index in [2.05, 4.69) is 16.0 Å². The summed E-state index contributed by atoms with van der Waals surface area (Å²) in [6, 6.07) is 11.4. The van der Waals surface area contributed by atoms with E-state index in [0.717, 1.165) is 12.1 Å². The van der Waals surface area contributed by atoms with Crippen molar-refractivity contribution < 1.29 is 18.0 Å². The van der Waals surface area contributed by atoms with Gasteiger partial charge in [-0.25, -0.2) is 4.79 Å². The Hall–Kier alpha value is -2.70. The van der Waals surface area contributed by atoms with E-state index in [0.29, 0.717) is 17.1 Å². The molecule has 7 heteroatoms. The molecule has 0 radical (unpaired) electrons. The zero-order valence-corrected chi connectivity index (χ0v) is 13.2. The molecular formula is C17H18F3N3O. The van der Waals surface area contributed by atoms with E-state index in [9.17, 15) is 18.0 Å². The van der Waals surface area contributed by atoms with Gasteiger partial charge in [0.25, 0.3) is 0 Å². The van der Waals surface area contributed by atoms with E-state index in [-0.39, 0.29) is 12.1 Å². The van der Waals surface area contributed by atoms with Gasteiger partial charge >= 0.3 is 12.2 Å². The quantitative estimate of drug-likeness (QED) is 0.737. The van der Waals surface area contributed by atoms with Crippen LogP contribution in [-0.2, 0) is 6.18 Å². The molecule has 2 aromatic rings. The molecule has 0 unspecified atom stereocenters. The topological polar surface area (TPSA) is 53.2 Å². The molecule has 0 aliphatic rings. The molecule has 0 heterocycles. The third kappa shape index (κ3) is 5.19. The van der Waals surface area contributed by atoms with Gasteiger partial charge < -0.3 is 16.0 Å². The molecule has 2 aromatic carbocycles. The maximum absolute atomic E-state index is 12.5. The summed E-state index contributed by atoms with van der Waals surface area (Å²) < 4.78 is 37.5. The molecule has 0 fully saturated rings. The Labute approximate surface area is 138 Å². The summed E-state index contributed by atoms with van der Waals surface area (Å²) in [5, 5.41) is 8.39. The molecule has 3 N–H and O–H groups in total. The Morgan fingerprint density at radius 2 is 1.33 bits per heavy atom. The number of carbonyl (C=O) groups excluding carboxylic acids is 1. The van der Waals surface area contributed by atoms with Gasteiger partial charge in [-0.05, 0) is 62.4 Å². The molecule has 0 aliphatic heterocycles. The highest BCUT2D eigenvalue weighted by Gasteiger charge is 2.29. The maximum atomic E-state index is 12.5. The molecule has 24 heavy (non-hydrogen) atoms. The number of hydrogen-bond acceptors (Lipinski definition) is 2. The van der Waals surface area contributed by atoms with Crippen LogP contribution in [0.25, 0.3) is 0 Å². The number of nitrogens with one attached hydrogen (secondary N) is 3.